The normalized spacial score (nSPS) is 11.9. The first kappa shape index (κ1) is 53.2. The van der Waals surface area contributed by atoms with Crippen LogP contribution >= 0.6 is 0 Å². The van der Waals surface area contributed by atoms with Crippen molar-refractivity contribution < 1.29 is 64.5 Å². The second-order valence-electron chi connectivity index (χ2n) is 9.76. The Labute approximate surface area is 278 Å². The summed E-state index contributed by atoms with van der Waals surface area (Å²) >= 11 is 0. The Bertz CT molecular complexity index is 989. The quantitative estimate of drug-likeness (QED) is 0.0815. The second kappa shape index (κ2) is 35.6. The number of hydrogen-bond acceptors (Lipinski definition) is 14. The lowest BCUT2D eigenvalue weighted by Crippen LogP contribution is -2.33. The minimum absolute atomic E-state index is 0.278. The number of aliphatic hydroxyl groups is 1. The molecule has 0 bridgehead atoms. The molecule has 0 aromatic heterocycles. The third-order valence-electron chi connectivity index (χ3n) is 4.81. The summed E-state index contributed by atoms with van der Waals surface area (Å²) in [5.74, 6) is -5.56. The van der Waals surface area contributed by atoms with E-state index in [0.717, 1.165) is 18.4 Å². The van der Waals surface area contributed by atoms with Crippen LogP contribution in [-0.4, -0.2) is 122 Å². The van der Waals surface area contributed by atoms with Gasteiger partial charge < -0.3 is 75.9 Å². The van der Waals surface area contributed by atoms with Crippen LogP contribution in [0, 0.1) is 5.92 Å². The molecular weight excluding hydrogens is 642 g/mol. The monoisotopic (exact) mass is 697 g/mol. The Morgan fingerprint density at radius 2 is 0.979 bits per heavy atom. The van der Waals surface area contributed by atoms with Gasteiger partial charge in [0.25, 0.3) is 0 Å². The number of hydrogen-bond donors (Lipinski definition) is 14. The van der Waals surface area contributed by atoms with Crippen LogP contribution in [0.3, 0.4) is 0 Å². The van der Waals surface area contributed by atoms with E-state index in [1.54, 1.807) is 0 Å². The zero-order valence-electron chi connectivity index (χ0n) is 27.3. The maximum Gasteiger partial charge on any atom is 0.322 e. The maximum atomic E-state index is 10.4. The van der Waals surface area contributed by atoms with E-state index in [1.165, 1.54) is 0 Å². The molecule has 0 radical (unpaired) electrons. The van der Waals surface area contributed by atoms with Crippen molar-refractivity contribution in [1.29, 1.82) is 0 Å². The highest BCUT2D eigenvalue weighted by Gasteiger charge is 2.12. The van der Waals surface area contributed by atoms with Crippen LogP contribution in [0.1, 0.15) is 45.1 Å². The minimum Gasteiger partial charge on any atom is -0.480 e. The molecule has 1 aromatic rings. The number of carboxylic acids is 6. The number of unbranched alkanes of at least 4 members (excludes halogenated alkanes) is 1. The van der Waals surface area contributed by atoms with Crippen molar-refractivity contribution in [1.82, 2.24) is 0 Å². The highest BCUT2D eigenvalue weighted by molar-refractivity contribution is 5.74. The van der Waals surface area contributed by atoms with Gasteiger partial charge in [0.15, 0.2) is 0 Å². The van der Waals surface area contributed by atoms with Crippen LogP contribution in [0.25, 0.3) is 0 Å². The van der Waals surface area contributed by atoms with Gasteiger partial charge in [0.2, 0.25) is 0 Å². The maximum absolute atomic E-state index is 10.4. The summed E-state index contributed by atoms with van der Waals surface area (Å²) in [6.45, 7) is 3.44. The van der Waals surface area contributed by atoms with Crippen LogP contribution in [0.4, 0.5) is 0 Å². The molecule has 0 heterocycles. The Hall–Kier alpha value is -4.28. The fraction of sp³-hybridized carbons (Fsp3) is 0.571. The van der Waals surface area contributed by atoms with Gasteiger partial charge >= 0.3 is 35.8 Å². The fourth-order valence-electron chi connectivity index (χ4n) is 2.27. The van der Waals surface area contributed by atoms with Crippen molar-refractivity contribution in [2.24, 2.45) is 46.1 Å². The number of carbonyl (C=O) groups is 6. The van der Waals surface area contributed by atoms with Gasteiger partial charge in [-0.15, -0.1) is 0 Å². The third kappa shape index (κ3) is 46.1. The SMILES string of the molecule is CC(C)C[C@H](N)C(=O)O.NCC(=O)O.NCC(=O)O.NCCCC[C@H](N)C(=O)O.N[C@@H](CO)C(=O)O.N[C@@H](Cc1ccccc1)C(=O)O. The molecule has 48 heavy (non-hydrogen) atoms. The van der Waals surface area contributed by atoms with Crippen molar-refractivity contribution in [3.05, 3.63) is 35.9 Å². The third-order valence-corrected chi connectivity index (χ3v) is 4.81. The predicted molar refractivity (Wildman–Crippen MR) is 175 cm³/mol. The Kier molecular flexibility index (Phi) is 39.4. The molecule has 0 fully saturated rings. The Morgan fingerprint density at radius 1 is 0.604 bits per heavy atom. The smallest absolute Gasteiger partial charge is 0.322 e. The van der Waals surface area contributed by atoms with E-state index in [2.05, 4.69) is 11.5 Å². The standard InChI is InChI=1S/C9H11NO2.C6H14N2O2.C6H13NO2.C3H7NO3.2C2H5NO2/c10-8(9(11)12)6-7-4-2-1-3-5-7;7-4-2-1-3-5(8)6(9)10;1-4(2)3-5(7)6(8)9;4-2(1-5)3(6)7;2*3-1-2(4)5/h1-5,8H,6,10H2,(H,11,12);5H,1-4,7-8H2,(H,9,10);4-5H,3,7H2,1-2H3,(H,8,9);2,5H,1,4H2,(H,6,7);2*1,3H2,(H,4,5)/t8-;2*5-;2-;;/m0000../s1. The molecule has 0 aliphatic heterocycles. The van der Waals surface area contributed by atoms with Crippen LogP contribution in [0.5, 0.6) is 0 Å². The topological polar surface area (TPSA) is 426 Å². The molecule has 280 valence electrons. The summed E-state index contributed by atoms with van der Waals surface area (Å²) < 4.78 is 0. The van der Waals surface area contributed by atoms with Gasteiger partial charge in [-0.25, -0.2) is 0 Å². The molecule has 0 aliphatic carbocycles. The second-order valence-corrected chi connectivity index (χ2v) is 9.76. The molecule has 20 nitrogen and oxygen atoms in total. The molecule has 21 N–H and O–H groups in total. The van der Waals surface area contributed by atoms with Crippen molar-refractivity contribution in [3.63, 3.8) is 0 Å². The zero-order valence-corrected chi connectivity index (χ0v) is 27.3. The average molecular weight is 698 g/mol. The van der Waals surface area contributed by atoms with Gasteiger partial charge in [0.1, 0.15) is 24.2 Å². The number of benzene rings is 1. The molecule has 0 spiro atoms. The number of aliphatic hydroxyl groups excluding tert-OH is 1. The Balaban J connectivity index is -0.000000159. The van der Waals surface area contributed by atoms with Crippen molar-refractivity contribution >= 4 is 35.8 Å². The molecule has 1 rings (SSSR count). The average Bonchev–Trinajstić information content (AvgIpc) is 3.02. The van der Waals surface area contributed by atoms with Crippen molar-refractivity contribution in [3.8, 4) is 0 Å². The number of carboxylic acid groups (broad SMARTS) is 6. The van der Waals surface area contributed by atoms with Crippen LogP contribution in [0.2, 0.25) is 0 Å². The highest BCUT2D eigenvalue weighted by atomic mass is 16.4. The zero-order chi connectivity index (χ0) is 38.8. The van der Waals surface area contributed by atoms with Gasteiger partial charge in [0, 0.05) is 0 Å². The van der Waals surface area contributed by atoms with E-state index in [1.807, 2.05) is 44.2 Å². The molecule has 0 unspecified atom stereocenters. The summed E-state index contributed by atoms with van der Waals surface area (Å²) in [7, 11) is 0. The van der Waals surface area contributed by atoms with Gasteiger partial charge in [0.05, 0.1) is 19.7 Å². The summed E-state index contributed by atoms with van der Waals surface area (Å²) in [6, 6.07) is 6.01. The predicted octanol–water partition coefficient (Wildman–Crippen LogP) is -2.94. The summed E-state index contributed by atoms with van der Waals surface area (Å²) in [6.07, 6.45) is 3.10. The first-order valence-corrected chi connectivity index (χ1v) is 14.3. The van der Waals surface area contributed by atoms with Gasteiger partial charge in [-0.05, 0) is 43.7 Å². The van der Waals surface area contributed by atoms with Crippen LogP contribution in [0.15, 0.2) is 30.3 Å². The molecule has 0 aliphatic rings. The van der Waals surface area contributed by atoms with Gasteiger partial charge in [-0.2, -0.15) is 0 Å². The van der Waals surface area contributed by atoms with E-state index < -0.39 is 66.6 Å². The lowest BCUT2D eigenvalue weighted by molar-refractivity contribution is -0.140. The number of nitrogens with two attached hydrogens (primary N) is 7. The number of rotatable bonds is 15. The first-order valence-electron chi connectivity index (χ1n) is 14.3. The summed E-state index contributed by atoms with van der Waals surface area (Å²) in [5.41, 5.74) is 35.8. The van der Waals surface area contributed by atoms with Gasteiger partial charge in [-0.3, -0.25) is 28.8 Å². The van der Waals surface area contributed by atoms with E-state index in [0.29, 0.717) is 31.7 Å². The molecule has 0 saturated heterocycles. The van der Waals surface area contributed by atoms with Crippen LogP contribution in [-0.2, 0) is 35.2 Å². The molecule has 20 heteroatoms. The molecule has 0 saturated carbocycles. The number of aliphatic carboxylic acids is 6. The Morgan fingerprint density at radius 3 is 1.21 bits per heavy atom. The van der Waals surface area contributed by atoms with E-state index >= 15 is 0 Å². The molecule has 1 aromatic carbocycles. The molecule has 0 amide bonds. The van der Waals surface area contributed by atoms with Crippen molar-refractivity contribution in [2.45, 2.75) is 70.1 Å². The van der Waals surface area contributed by atoms with E-state index in [9.17, 15) is 28.8 Å². The van der Waals surface area contributed by atoms with E-state index in [4.69, 9.17) is 64.4 Å². The highest BCUT2D eigenvalue weighted by Crippen LogP contribution is 2.02. The van der Waals surface area contributed by atoms with Crippen LogP contribution < -0.4 is 40.1 Å². The van der Waals surface area contributed by atoms with Gasteiger partial charge in [-0.1, -0.05) is 50.6 Å². The molecular formula is C28H55N7O13. The summed E-state index contributed by atoms with van der Waals surface area (Å²) in [4.78, 5) is 58.8. The lowest BCUT2D eigenvalue weighted by Gasteiger charge is -2.07. The minimum atomic E-state index is -1.18. The first-order chi connectivity index (χ1) is 22.1. The fourth-order valence-corrected chi connectivity index (χ4v) is 2.27. The van der Waals surface area contributed by atoms with E-state index in [-0.39, 0.29) is 13.1 Å². The molecule has 4 atom stereocenters. The largest absolute Gasteiger partial charge is 0.480 e. The van der Waals surface area contributed by atoms with Crippen molar-refractivity contribution in [2.75, 3.05) is 26.2 Å². The lowest BCUT2D eigenvalue weighted by atomic mass is 10.1. The summed E-state index contributed by atoms with van der Waals surface area (Å²) in [5, 5.41) is 56.2.